The molecule has 116 valence electrons. The number of aryl methyl sites for hydroxylation is 1. The summed E-state index contributed by atoms with van der Waals surface area (Å²) >= 11 is 5.81. The van der Waals surface area contributed by atoms with E-state index in [1.54, 1.807) is 13.0 Å². The van der Waals surface area contributed by atoms with Gasteiger partial charge in [0.1, 0.15) is 11.5 Å². The molecule has 0 saturated heterocycles. The molecule has 1 aromatic heterocycles. The molecule has 0 fully saturated rings. The highest BCUT2D eigenvalue weighted by Gasteiger charge is 2.11. The lowest BCUT2D eigenvalue weighted by atomic mass is 10.2. The summed E-state index contributed by atoms with van der Waals surface area (Å²) in [5.74, 6) is 0.596. The zero-order valence-electron chi connectivity index (χ0n) is 12.1. The van der Waals surface area contributed by atoms with Gasteiger partial charge >= 0.3 is 0 Å². The molecule has 0 aliphatic rings. The monoisotopic (exact) mass is 321 g/mol. The van der Waals surface area contributed by atoms with Gasteiger partial charge in [-0.2, -0.15) is 0 Å². The first-order valence-electron chi connectivity index (χ1n) is 6.74. The van der Waals surface area contributed by atoms with Crippen LogP contribution in [-0.4, -0.2) is 23.1 Å². The molecule has 2 rings (SSSR count). The number of nitro groups is 1. The van der Waals surface area contributed by atoms with Crippen LogP contribution in [-0.2, 0) is 11.3 Å². The van der Waals surface area contributed by atoms with Crippen molar-refractivity contribution in [2.75, 3.05) is 18.5 Å². The number of nitrogens with one attached hydrogen (secondary N) is 1. The van der Waals surface area contributed by atoms with Crippen LogP contribution in [0.1, 0.15) is 11.3 Å². The van der Waals surface area contributed by atoms with Gasteiger partial charge in [0.25, 0.3) is 5.69 Å². The third-order valence-corrected chi connectivity index (χ3v) is 3.24. The molecular formula is C15H16ClN3O3. The lowest BCUT2D eigenvalue weighted by Crippen LogP contribution is -2.11. The van der Waals surface area contributed by atoms with Gasteiger partial charge in [0, 0.05) is 17.6 Å². The smallest absolute Gasteiger partial charge is 0.290 e. The van der Waals surface area contributed by atoms with Crippen molar-refractivity contribution in [1.82, 2.24) is 4.98 Å². The van der Waals surface area contributed by atoms with Crippen LogP contribution in [0.15, 0.2) is 36.4 Å². The molecule has 0 bridgehead atoms. The first kappa shape index (κ1) is 16.2. The van der Waals surface area contributed by atoms with Gasteiger partial charge in [0.05, 0.1) is 18.1 Å². The van der Waals surface area contributed by atoms with Gasteiger partial charge < -0.3 is 10.1 Å². The molecule has 2 aromatic rings. The Bertz CT molecular complexity index is 647. The minimum atomic E-state index is -0.443. The largest absolute Gasteiger partial charge is 0.375 e. The Balaban J connectivity index is 1.73. The minimum absolute atomic E-state index is 0.0181. The van der Waals surface area contributed by atoms with Crippen LogP contribution in [0.3, 0.4) is 0 Å². The Hall–Kier alpha value is -2.18. The highest BCUT2D eigenvalue weighted by molar-refractivity contribution is 6.30. The predicted octanol–water partition coefficient (Wildman–Crippen LogP) is 3.58. The molecule has 7 heteroatoms. The molecule has 6 nitrogen and oxygen atoms in total. The van der Waals surface area contributed by atoms with Crippen molar-refractivity contribution in [3.63, 3.8) is 0 Å². The highest BCUT2D eigenvalue weighted by Crippen LogP contribution is 2.17. The van der Waals surface area contributed by atoms with E-state index < -0.39 is 4.92 Å². The summed E-state index contributed by atoms with van der Waals surface area (Å²) in [6.07, 6.45) is 0. The van der Waals surface area contributed by atoms with Crippen LogP contribution in [0.4, 0.5) is 11.5 Å². The van der Waals surface area contributed by atoms with Crippen LogP contribution >= 0.6 is 11.6 Å². The van der Waals surface area contributed by atoms with Crippen molar-refractivity contribution in [2.24, 2.45) is 0 Å². The molecule has 0 radical (unpaired) electrons. The van der Waals surface area contributed by atoms with Crippen molar-refractivity contribution in [3.05, 3.63) is 62.8 Å². The van der Waals surface area contributed by atoms with E-state index in [4.69, 9.17) is 16.3 Å². The first-order chi connectivity index (χ1) is 10.6. The maximum atomic E-state index is 10.7. The molecule has 0 aliphatic heterocycles. The van der Waals surface area contributed by atoms with Crippen molar-refractivity contribution >= 4 is 23.1 Å². The number of nitrogens with zero attached hydrogens (tertiary/aromatic N) is 2. The topological polar surface area (TPSA) is 77.3 Å². The fraction of sp³-hybridized carbons (Fsp3) is 0.267. The van der Waals surface area contributed by atoms with Crippen LogP contribution < -0.4 is 5.32 Å². The predicted molar refractivity (Wildman–Crippen MR) is 85.2 cm³/mol. The van der Waals surface area contributed by atoms with E-state index in [2.05, 4.69) is 10.3 Å². The second-order valence-electron chi connectivity index (χ2n) is 4.66. The molecule has 0 amide bonds. The van der Waals surface area contributed by atoms with E-state index >= 15 is 0 Å². The van der Waals surface area contributed by atoms with E-state index in [1.807, 2.05) is 24.3 Å². The average molecular weight is 322 g/mol. The van der Waals surface area contributed by atoms with Crippen LogP contribution in [0.5, 0.6) is 0 Å². The minimum Gasteiger partial charge on any atom is -0.375 e. The second-order valence-corrected chi connectivity index (χ2v) is 5.10. The van der Waals surface area contributed by atoms with Gasteiger partial charge in [-0.1, -0.05) is 23.7 Å². The number of rotatable bonds is 7. The maximum Gasteiger partial charge on any atom is 0.290 e. The molecule has 1 aromatic carbocycles. The molecule has 1 N–H and O–H groups in total. The van der Waals surface area contributed by atoms with E-state index in [0.717, 1.165) is 5.56 Å². The lowest BCUT2D eigenvalue weighted by Gasteiger charge is -2.07. The summed E-state index contributed by atoms with van der Waals surface area (Å²) < 4.78 is 5.53. The number of ether oxygens (including phenoxy) is 1. The van der Waals surface area contributed by atoms with Crippen molar-refractivity contribution < 1.29 is 9.66 Å². The zero-order valence-corrected chi connectivity index (χ0v) is 12.8. The Kier molecular flexibility index (Phi) is 5.68. The number of anilines is 1. The SMILES string of the molecule is Cc1nc(NCCOCc2ccc(Cl)cc2)ccc1[N+](=O)[O-]. The highest BCUT2D eigenvalue weighted by atomic mass is 35.5. The molecule has 0 spiro atoms. The second kappa shape index (κ2) is 7.72. The Morgan fingerprint density at radius 1 is 1.27 bits per heavy atom. The van der Waals surface area contributed by atoms with Crippen molar-refractivity contribution in [3.8, 4) is 0 Å². The summed E-state index contributed by atoms with van der Waals surface area (Å²) in [7, 11) is 0. The van der Waals surface area contributed by atoms with Gasteiger partial charge in [-0.05, 0) is 30.7 Å². The summed E-state index contributed by atoms with van der Waals surface area (Å²) in [6, 6.07) is 10.5. The molecule has 0 saturated carbocycles. The summed E-state index contributed by atoms with van der Waals surface area (Å²) in [5.41, 5.74) is 1.45. The molecule has 1 heterocycles. The normalized spacial score (nSPS) is 10.5. The van der Waals surface area contributed by atoms with E-state index in [0.29, 0.717) is 36.3 Å². The maximum absolute atomic E-state index is 10.7. The lowest BCUT2D eigenvalue weighted by molar-refractivity contribution is -0.385. The summed E-state index contributed by atoms with van der Waals surface area (Å²) in [5, 5.41) is 14.5. The zero-order chi connectivity index (χ0) is 15.9. The molecule has 0 atom stereocenters. The quantitative estimate of drug-likeness (QED) is 0.479. The number of halogens is 1. The van der Waals surface area contributed by atoms with Crippen LogP contribution in [0, 0.1) is 17.0 Å². The molecule has 0 unspecified atom stereocenters. The first-order valence-corrected chi connectivity index (χ1v) is 7.12. The van der Waals surface area contributed by atoms with Gasteiger partial charge in [-0.15, -0.1) is 0 Å². The van der Waals surface area contributed by atoms with Crippen LogP contribution in [0.25, 0.3) is 0 Å². The van der Waals surface area contributed by atoms with Gasteiger partial charge in [0.2, 0.25) is 0 Å². The number of pyridine rings is 1. The fourth-order valence-corrected chi connectivity index (χ4v) is 1.99. The van der Waals surface area contributed by atoms with Crippen molar-refractivity contribution in [1.29, 1.82) is 0 Å². The fourth-order valence-electron chi connectivity index (χ4n) is 1.87. The number of hydrogen-bond acceptors (Lipinski definition) is 5. The van der Waals surface area contributed by atoms with Gasteiger partial charge in [0.15, 0.2) is 0 Å². The Labute approximate surface area is 133 Å². The Morgan fingerprint density at radius 3 is 2.64 bits per heavy atom. The third-order valence-electron chi connectivity index (χ3n) is 2.99. The van der Waals surface area contributed by atoms with Gasteiger partial charge in [-0.3, -0.25) is 10.1 Å². The molecule has 0 aliphatic carbocycles. The summed E-state index contributed by atoms with van der Waals surface area (Å²) in [6.45, 7) is 3.18. The standard InChI is InChI=1S/C15H16ClN3O3/c1-11-14(19(20)21)6-7-15(18-11)17-8-9-22-10-12-2-4-13(16)5-3-12/h2-7H,8-10H2,1H3,(H,17,18). The Morgan fingerprint density at radius 2 is 2.00 bits per heavy atom. The number of hydrogen-bond donors (Lipinski definition) is 1. The summed E-state index contributed by atoms with van der Waals surface area (Å²) in [4.78, 5) is 14.4. The third kappa shape index (κ3) is 4.68. The van der Waals surface area contributed by atoms with Crippen LogP contribution in [0.2, 0.25) is 5.02 Å². The number of benzene rings is 1. The van der Waals surface area contributed by atoms with Gasteiger partial charge in [-0.25, -0.2) is 4.98 Å². The molecular weight excluding hydrogens is 306 g/mol. The molecule has 22 heavy (non-hydrogen) atoms. The van der Waals surface area contributed by atoms with Crippen molar-refractivity contribution in [2.45, 2.75) is 13.5 Å². The number of aromatic nitrogens is 1. The average Bonchev–Trinajstić information content (AvgIpc) is 2.48. The van der Waals surface area contributed by atoms with E-state index in [1.165, 1.54) is 6.07 Å². The van der Waals surface area contributed by atoms with E-state index in [9.17, 15) is 10.1 Å². The van der Waals surface area contributed by atoms with E-state index in [-0.39, 0.29) is 5.69 Å².